The molecule has 0 unspecified atom stereocenters. The molecule has 2 rings (SSSR count). The molecule has 1 saturated heterocycles. The van der Waals surface area contributed by atoms with Crippen LogP contribution in [0.3, 0.4) is 0 Å². The van der Waals surface area contributed by atoms with E-state index in [1.54, 1.807) is 17.4 Å². The molecule has 1 aliphatic rings. The molecular formula is C13H11NO3S3. The summed E-state index contributed by atoms with van der Waals surface area (Å²) in [6.07, 6.45) is 3.96. The second kappa shape index (κ2) is 6.83. The third-order valence-corrected chi connectivity index (χ3v) is 4.64. The van der Waals surface area contributed by atoms with Crippen molar-refractivity contribution in [2.45, 2.75) is 12.8 Å². The minimum absolute atomic E-state index is 0.0196. The first-order valence-corrected chi connectivity index (χ1v) is 7.86. The molecular weight excluding hydrogens is 314 g/mol. The monoisotopic (exact) mass is 325 g/mol. The fourth-order valence-electron chi connectivity index (χ4n) is 1.61. The third-order valence-electron chi connectivity index (χ3n) is 2.51. The van der Waals surface area contributed by atoms with Gasteiger partial charge in [-0.15, -0.1) is 11.3 Å². The number of thioether (sulfide) groups is 1. The number of carboxylic acid groups (broad SMARTS) is 1. The Morgan fingerprint density at radius 3 is 2.80 bits per heavy atom. The highest BCUT2D eigenvalue weighted by Crippen LogP contribution is 2.30. The predicted octanol–water partition coefficient (Wildman–Crippen LogP) is 3.03. The van der Waals surface area contributed by atoms with E-state index in [0.29, 0.717) is 21.2 Å². The summed E-state index contributed by atoms with van der Waals surface area (Å²) >= 11 is 7.71. The molecule has 2 heterocycles. The van der Waals surface area contributed by atoms with Crippen molar-refractivity contribution in [2.75, 3.05) is 0 Å². The number of carbonyl (C=O) groups excluding carboxylic acids is 1. The van der Waals surface area contributed by atoms with Gasteiger partial charge in [-0.05, 0) is 29.5 Å². The molecule has 1 amide bonds. The number of thiophene rings is 1. The quantitative estimate of drug-likeness (QED) is 0.643. The van der Waals surface area contributed by atoms with Gasteiger partial charge in [-0.25, -0.2) is 0 Å². The van der Waals surface area contributed by atoms with E-state index in [2.05, 4.69) is 5.32 Å². The fraction of sp³-hybridized carbons (Fsp3) is 0.154. The number of hydrogen-bond acceptors (Lipinski definition) is 5. The minimum Gasteiger partial charge on any atom is -0.481 e. The molecule has 4 nitrogen and oxygen atoms in total. The van der Waals surface area contributed by atoms with Crippen molar-refractivity contribution in [3.63, 3.8) is 0 Å². The summed E-state index contributed by atoms with van der Waals surface area (Å²) in [7, 11) is 0. The van der Waals surface area contributed by atoms with E-state index in [9.17, 15) is 9.59 Å². The number of thiocarbonyl (C=S) groups is 1. The molecule has 20 heavy (non-hydrogen) atoms. The lowest BCUT2D eigenvalue weighted by Gasteiger charge is -2.02. The van der Waals surface area contributed by atoms with E-state index in [0.717, 1.165) is 4.88 Å². The van der Waals surface area contributed by atoms with Gasteiger partial charge in [0.2, 0.25) is 0 Å². The Morgan fingerprint density at radius 2 is 2.25 bits per heavy atom. The number of carboxylic acids is 1. The van der Waals surface area contributed by atoms with Gasteiger partial charge in [-0.1, -0.05) is 36.1 Å². The van der Waals surface area contributed by atoms with E-state index in [1.807, 2.05) is 23.6 Å². The first kappa shape index (κ1) is 15.0. The number of aliphatic carboxylic acids is 1. The first-order chi connectivity index (χ1) is 9.56. The van der Waals surface area contributed by atoms with Crippen LogP contribution in [0.1, 0.15) is 17.7 Å². The average Bonchev–Trinajstić information content (AvgIpc) is 2.99. The fourth-order valence-corrected chi connectivity index (χ4v) is 3.34. The van der Waals surface area contributed by atoms with Crippen LogP contribution in [-0.4, -0.2) is 21.3 Å². The summed E-state index contributed by atoms with van der Waals surface area (Å²) in [6.45, 7) is 0. The van der Waals surface area contributed by atoms with Gasteiger partial charge in [-0.3, -0.25) is 9.59 Å². The molecule has 1 aromatic heterocycles. The van der Waals surface area contributed by atoms with Gasteiger partial charge in [0.05, 0.1) is 4.91 Å². The second-order valence-electron chi connectivity index (χ2n) is 3.94. The van der Waals surface area contributed by atoms with Gasteiger partial charge in [0, 0.05) is 11.3 Å². The number of amides is 1. The van der Waals surface area contributed by atoms with E-state index in [1.165, 1.54) is 11.8 Å². The lowest BCUT2D eigenvalue weighted by molar-refractivity contribution is -0.137. The lowest BCUT2D eigenvalue weighted by atomic mass is 10.1. The molecule has 0 radical (unpaired) electrons. The number of allylic oxidation sites excluding steroid dienone is 2. The Morgan fingerprint density at radius 1 is 1.45 bits per heavy atom. The van der Waals surface area contributed by atoms with E-state index >= 15 is 0 Å². The number of rotatable bonds is 5. The van der Waals surface area contributed by atoms with Crippen LogP contribution in [0, 0.1) is 0 Å². The molecule has 0 saturated carbocycles. The van der Waals surface area contributed by atoms with Crippen molar-refractivity contribution >= 4 is 57.6 Å². The van der Waals surface area contributed by atoms with Crippen molar-refractivity contribution in [1.82, 2.24) is 5.32 Å². The smallest absolute Gasteiger partial charge is 0.303 e. The summed E-state index contributed by atoms with van der Waals surface area (Å²) in [5.41, 5.74) is 0.697. The molecule has 0 bridgehead atoms. The molecule has 0 aliphatic carbocycles. The standard InChI is InChI=1S/C13H11NO3S3/c15-10(16)6-4-8(3-5-9-2-1-7-19-9)11-12(17)14-13(18)20-11/h1-3,5,7H,4,6H2,(H,15,16)(H,14,17,18)/b5-3+,11-8-. The summed E-state index contributed by atoms with van der Waals surface area (Å²) < 4.78 is 0.405. The maximum atomic E-state index is 11.8. The van der Waals surface area contributed by atoms with Gasteiger partial charge >= 0.3 is 5.97 Å². The highest BCUT2D eigenvalue weighted by atomic mass is 32.2. The van der Waals surface area contributed by atoms with Crippen molar-refractivity contribution in [1.29, 1.82) is 0 Å². The van der Waals surface area contributed by atoms with E-state index < -0.39 is 5.97 Å². The van der Waals surface area contributed by atoms with Crippen LogP contribution in [0.5, 0.6) is 0 Å². The molecule has 1 aromatic rings. The Kier molecular flexibility index (Phi) is 5.11. The SMILES string of the molecule is O=C(O)CCC(/C=C/c1cccs1)=C1\SC(=S)NC1=O. The zero-order chi connectivity index (χ0) is 14.5. The number of hydrogen-bond donors (Lipinski definition) is 2. The normalized spacial score (nSPS) is 17.6. The topological polar surface area (TPSA) is 66.4 Å². The molecule has 2 N–H and O–H groups in total. The van der Waals surface area contributed by atoms with Gasteiger partial charge in [-0.2, -0.15) is 0 Å². The largest absolute Gasteiger partial charge is 0.481 e. The maximum Gasteiger partial charge on any atom is 0.303 e. The lowest BCUT2D eigenvalue weighted by Crippen LogP contribution is -2.18. The van der Waals surface area contributed by atoms with Crippen LogP contribution in [-0.2, 0) is 9.59 Å². The molecule has 104 valence electrons. The highest BCUT2D eigenvalue weighted by Gasteiger charge is 2.25. The number of nitrogens with one attached hydrogen (secondary N) is 1. The Bertz CT molecular complexity index is 602. The minimum atomic E-state index is -0.890. The molecule has 0 spiro atoms. The third kappa shape index (κ3) is 4.03. The van der Waals surface area contributed by atoms with Gasteiger partial charge in [0.25, 0.3) is 5.91 Å². The van der Waals surface area contributed by atoms with Crippen molar-refractivity contribution < 1.29 is 14.7 Å². The second-order valence-corrected chi connectivity index (χ2v) is 6.61. The highest BCUT2D eigenvalue weighted by molar-refractivity contribution is 8.26. The Labute approximate surface area is 129 Å². The average molecular weight is 325 g/mol. The van der Waals surface area contributed by atoms with Crippen LogP contribution in [0.4, 0.5) is 0 Å². The van der Waals surface area contributed by atoms with Crippen LogP contribution in [0.15, 0.2) is 34.1 Å². The Hall–Kier alpha value is -1.44. The molecule has 0 aromatic carbocycles. The van der Waals surface area contributed by atoms with E-state index in [-0.39, 0.29) is 12.3 Å². The summed E-state index contributed by atoms with van der Waals surface area (Å²) in [5.74, 6) is -1.14. The first-order valence-electron chi connectivity index (χ1n) is 5.76. The molecule has 1 aliphatic heterocycles. The van der Waals surface area contributed by atoms with Gasteiger partial charge < -0.3 is 10.4 Å². The Balaban J connectivity index is 2.24. The summed E-state index contributed by atoms with van der Waals surface area (Å²) in [5, 5.41) is 13.3. The molecule has 7 heteroatoms. The van der Waals surface area contributed by atoms with Gasteiger partial charge in [0.1, 0.15) is 4.32 Å². The number of carbonyl (C=O) groups is 2. The van der Waals surface area contributed by atoms with Crippen molar-refractivity contribution in [3.8, 4) is 0 Å². The maximum absolute atomic E-state index is 11.8. The summed E-state index contributed by atoms with van der Waals surface area (Å²) in [4.78, 5) is 24.0. The predicted molar refractivity (Wildman–Crippen MR) is 85.6 cm³/mol. The summed E-state index contributed by atoms with van der Waals surface area (Å²) in [6, 6.07) is 3.88. The van der Waals surface area contributed by atoms with E-state index in [4.69, 9.17) is 17.3 Å². The van der Waals surface area contributed by atoms with Gasteiger partial charge in [0.15, 0.2) is 0 Å². The molecule has 0 atom stereocenters. The van der Waals surface area contributed by atoms with Crippen LogP contribution in [0.2, 0.25) is 0 Å². The van der Waals surface area contributed by atoms with Crippen LogP contribution < -0.4 is 5.32 Å². The zero-order valence-corrected chi connectivity index (χ0v) is 12.7. The zero-order valence-electron chi connectivity index (χ0n) is 10.3. The molecule has 1 fully saturated rings. The van der Waals surface area contributed by atoms with Crippen molar-refractivity contribution in [3.05, 3.63) is 38.9 Å². The van der Waals surface area contributed by atoms with Crippen molar-refractivity contribution in [2.24, 2.45) is 0 Å². The van der Waals surface area contributed by atoms with Crippen LogP contribution in [0.25, 0.3) is 6.08 Å². The van der Waals surface area contributed by atoms with Crippen LogP contribution >= 0.6 is 35.3 Å².